The van der Waals surface area contributed by atoms with Gasteiger partial charge in [0.05, 0.1) is 29.7 Å². The number of fused-ring (bicyclic) bond motifs is 4. The lowest BCUT2D eigenvalue weighted by Crippen LogP contribution is -2.50. The normalized spacial score (nSPS) is 31.8. The molecule has 2 N–H and O–H groups in total. The van der Waals surface area contributed by atoms with Crippen molar-refractivity contribution in [3.8, 4) is 0 Å². The summed E-state index contributed by atoms with van der Waals surface area (Å²) >= 11 is 0. The minimum absolute atomic E-state index is 0.136. The Bertz CT molecular complexity index is 1460. The Morgan fingerprint density at radius 2 is 1.29 bits per heavy atom. The molecule has 1 saturated heterocycles. The number of methoxy groups -OCH3 is 1. The van der Waals surface area contributed by atoms with Crippen LogP contribution in [0.15, 0.2) is 107 Å². The molecule has 3 aromatic carbocycles. The maximum Gasteiger partial charge on any atom is 0.264 e. The van der Waals surface area contributed by atoms with E-state index in [-0.39, 0.29) is 22.6 Å². The summed E-state index contributed by atoms with van der Waals surface area (Å²) in [6.07, 6.45) is 0. The van der Waals surface area contributed by atoms with Crippen LogP contribution in [0.2, 0.25) is 0 Å². The second kappa shape index (κ2) is 8.97. The van der Waals surface area contributed by atoms with Crippen molar-refractivity contribution < 1.29 is 23.4 Å². The van der Waals surface area contributed by atoms with E-state index >= 15 is 0 Å². The topological polar surface area (TPSA) is 87.1 Å². The number of allylic oxidation sites excluding steroid dienone is 1. The van der Waals surface area contributed by atoms with E-state index in [0.717, 1.165) is 11.1 Å². The van der Waals surface area contributed by atoms with Crippen molar-refractivity contribution in [2.24, 2.45) is 29.6 Å². The van der Waals surface area contributed by atoms with Crippen molar-refractivity contribution in [3.63, 3.8) is 0 Å². The van der Waals surface area contributed by atoms with Gasteiger partial charge in [0.2, 0.25) is 0 Å². The molecular weight excluding hydrogens is 498 g/mol. The highest BCUT2D eigenvalue weighted by molar-refractivity contribution is 7.89. The van der Waals surface area contributed by atoms with Gasteiger partial charge in [-0.3, -0.25) is 4.31 Å². The summed E-state index contributed by atoms with van der Waals surface area (Å²) in [6, 6.07) is 27.4. The monoisotopic (exact) mass is 531 g/mol. The second-order valence-corrected chi connectivity index (χ2v) is 12.7. The van der Waals surface area contributed by atoms with E-state index in [9.17, 15) is 18.6 Å². The lowest BCUT2D eigenvalue weighted by Gasteiger charge is -2.42. The molecule has 198 valence electrons. The third-order valence-corrected chi connectivity index (χ3v) is 10.9. The molecule has 6 rings (SSSR count). The van der Waals surface area contributed by atoms with Gasteiger partial charge >= 0.3 is 0 Å². The van der Waals surface area contributed by atoms with E-state index in [1.807, 2.05) is 67.6 Å². The smallest absolute Gasteiger partial charge is 0.264 e. The predicted molar refractivity (Wildman–Crippen MR) is 144 cm³/mol. The van der Waals surface area contributed by atoms with Crippen LogP contribution in [0.25, 0.3) is 0 Å². The molecule has 2 bridgehead atoms. The van der Waals surface area contributed by atoms with Crippen LogP contribution in [0, 0.1) is 29.6 Å². The van der Waals surface area contributed by atoms with Crippen LogP contribution < -0.4 is 0 Å². The van der Waals surface area contributed by atoms with Crippen molar-refractivity contribution in [2.45, 2.75) is 36.5 Å². The molecule has 1 heterocycles. The zero-order chi connectivity index (χ0) is 26.8. The second-order valence-electron chi connectivity index (χ2n) is 10.9. The third-order valence-electron chi connectivity index (χ3n) is 9.08. The van der Waals surface area contributed by atoms with Gasteiger partial charge in [0, 0.05) is 17.8 Å². The first-order valence-corrected chi connectivity index (χ1v) is 14.6. The molecule has 38 heavy (non-hydrogen) atoms. The minimum atomic E-state index is -4.01. The highest BCUT2D eigenvalue weighted by Crippen LogP contribution is 2.68. The van der Waals surface area contributed by atoms with Crippen LogP contribution in [-0.2, 0) is 14.8 Å². The minimum Gasteiger partial charge on any atom is -0.499 e. The van der Waals surface area contributed by atoms with Gasteiger partial charge in [-0.25, -0.2) is 8.42 Å². The first-order chi connectivity index (χ1) is 18.2. The van der Waals surface area contributed by atoms with E-state index < -0.39 is 39.6 Å². The van der Waals surface area contributed by atoms with Gasteiger partial charge in [-0.2, -0.15) is 0 Å². The first-order valence-electron chi connectivity index (χ1n) is 13.1. The van der Waals surface area contributed by atoms with E-state index in [1.165, 1.54) is 11.4 Å². The number of hydrogen-bond acceptors (Lipinski definition) is 5. The highest BCUT2D eigenvalue weighted by Gasteiger charge is 2.70. The van der Waals surface area contributed by atoms with Crippen LogP contribution in [0.4, 0.5) is 0 Å². The van der Waals surface area contributed by atoms with E-state index in [0.29, 0.717) is 11.5 Å². The van der Waals surface area contributed by atoms with E-state index in [2.05, 4.69) is 6.92 Å². The Labute approximate surface area is 224 Å². The van der Waals surface area contributed by atoms with Gasteiger partial charge in [-0.1, -0.05) is 92.7 Å². The Hall–Kier alpha value is -3.13. The van der Waals surface area contributed by atoms with Crippen molar-refractivity contribution in [1.29, 1.82) is 0 Å². The lowest BCUT2D eigenvalue weighted by molar-refractivity contribution is -0.233. The summed E-state index contributed by atoms with van der Waals surface area (Å²) in [5.41, 5.74) is 2.40. The Balaban J connectivity index is 1.63. The number of nitrogens with zero attached hydrogens (tertiary/aromatic N) is 1. The standard InChI is InChI=1S/C31H33NO5S/c1-19-24(21-13-7-4-8-14-21)27-30(37-3)29-25(26(19)31(27,33)34)20(2)28(22-15-9-5-10-16-22)32(29)38(35,36)23-17-11-6-12-18-23/h4-20,24-28,33-34H,1-3H3/t19?,20-,24?,25?,26?,27?,28-/m0/s1. The SMILES string of the molecule is COC1=C2C(C3C(C)C(c4ccccc4)C1C3(O)O)[C@H](C)[C@@H](c1ccccc1)N2S(=O)(=O)c1ccccc1. The van der Waals surface area contributed by atoms with Crippen molar-refractivity contribution in [1.82, 2.24) is 4.31 Å². The molecule has 2 aliphatic carbocycles. The highest BCUT2D eigenvalue weighted by atomic mass is 32.2. The molecular formula is C31H33NO5S. The van der Waals surface area contributed by atoms with E-state index in [1.54, 1.807) is 30.3 Å². The lowest BCUT2D eigenvalue weighted by atomic mass is 9.70. The fourth-order valence-electron chi connectivity index (χ4n) is 7.69. The van der Waals surface area contributed by atoms with E-state index in [4.69, 9.17) is 4.74 Å². The number of aliphatic hydroxyl groups is 2. The Morgan fingerprint density at radius 1 is 0.763 bits per heavy atom. The number of benzene rings is 3. The molecule has 0 radical (unpaired) electrons. The van der Waals surface area contributed by atoms with Gasteiger partial charge in [0.1, 0.15) is 5.76 Å². The summed E-state index contributed by atoms with van der Waals surface area (Å²) in [4.78, 5) is 0.196. The molecule has 3 aliphatic rings. The van der Waals surface area contributed by atoms with Crippen molar-refractivity contribution >= 4 is 10.0 Å². The molecule has 0 amide bonds. The quantitative estimate of drug-likeness (QED) is 0.457. The summed E-state index contributed by atoms with van der Waals surface area (Å²) in [6.45, 7) is 4.08. The average molecular weight is 532 g/mol. The molecule has 3 aromatic rings. The fraction of sp³-hybridized carbons (Fsp3) is 0.355. The van der Waals surface area contributed by atoms with Crippen molar-refractivity contribution in [2.75, 3.05) is 7.11 Å². The molecule has 5 unspecified atom stereocenters. The average Bonchev–Trinajstić information content (AvgIpc) is 3.28. The van der Waals surface area contributed by atoms with Crippen LogP contribution in [0.1, 0.15) is 36.9 Å². The number of ether oxygens (including phenoxy) is 1. The molecule has 0 spiro atoms. The Morgan fingerprint density at radius 3 is 1.84 bits per heavy atom. The van der Waals surface area contributed by atoms with Crippen molar-refractivity contribution in [3.05, 3.63) is 114 Å². The maximum atomic E-state index is 14.4. The van der Waals surface area contributed by atoms with Gasteiger partial charge in [-0.15, -0.1) is 0 Å². The van der Waals surface area contributed by atoms with Crippen LogP contribution in [0.5, 0.6) is 0 Å². The summed E-state index contributed by atoms with van der Waals surface area (Å²) in [5.74, 6) is -4.15. The zero-order valence-electron chi connectivity index (χ0n) is 21.7. The third kappa shape index (κ3) is 3.42. The van der Waals surface area contributed by atoms with Gasteiger partial charge in [0.25, 0.3) is 10.0 Å². The van der Waals surface area contributed by atoms with Gasteiger partial charge in [-0.05, 0) is 35.1 Å². The first kappa shape index (κ1) is 25.2. The van der Waals surface area contributed by atoms with Crippen LogP contribution in [0.3, 0.4) is 0 Å². The van der Waals surface area contributed by atoms with Gasteiger partial charge < -0.3 is 14.9 Å². The molecule has 1 aliphatic heterocycles. The Kier molecular flexibility index (Phi) is 5.94. The van der Waals surface area contributed by atoms with Gasteiger partial charge in [0.15, 0.2) is 5.79 Å². The maximum absolute atomic E-state index is 14.4. The molecule has 7 atom stereocenters. The molecule has 1 saturated carbocycles. The number of sulfonamides is 1. The number of hydrogen-bond donors (Lipinski definition) is 2. The molecule has 0 aromatic heterocycles. The predicted octanol–water partition coefficient (Wildman–Crippen LogP) is 4.90. The molecule has 7 heteroatoms. The zero-order valence-corrected chi connectivity index (χ0v) is 22.5. The molecule has 6 nitrogen and oxygen atoms in total. The summed E-state index contributed by atoms with van der Waals surface area (Å²) < 4.78 is 36.4. The largest absolute Gasteiger partial charge is 0.499 e. The van der Waals surface area contributed by atoms with Crippen LogP contribution >= 0.6 is 0 Å². The number of rotatable bonds is 5. The summed E-state index contributed by atoms with van der Waals surface area (Å²) in [7, 11) is -2.50. The van der Waals surface area contributed by atoms with Crippen LogP contribution in [-0.4, -0.2) is 35.8 Å². The summed E-state index contributed by atoms with van der Waals surface area (Å²) in [5, 5.41) is 23.6. The fourth-order valence-corrected chi connectivity index (χ4v) is 9.51. The molecule has 2 fully saturated rings.